The van der Waals surface area contributed by atoms with E-state index in [0.717, 1.165) is 22.2 Å². The number of hydrogen-bond donors (Lipinski definition) is 0. The van der Waals surface area contributed by atoms with Gasteiger partial charge in [0, 0.05) is 31.0 Å². The molecule has 1 atom stereocenters. The van der Waals surface area contributed by atoms with E-state index in [4.69, 9.17) is 18.9 Å². The number of ether oxygens (including phenoxy) is 4. The number of aryl methyl sites for hydroxylation is 1. The van der Waals surface area contributed by atoms with Crippen molar-refractivity contribution in [3.05, 3.63) is 77.4 Å². The van der Waals surface area contributed by atoms with Crippen molar-refractivity contribution < 1.29 is 23.7 Å². The molecule has 157 valence electrons. The second-order valence-corrected chi connectivity index (χ2v) is 7.85. The first-order chi connectivity index (χ1) is 14.5. The summed E-state index contributed by atoms with van der Waals surface area (Å²) in [5, 5.41) is 0.951. The number of benzene rings is 3. The quantitative estimate of drug-likeness (QED) is 0.372. The van der Waals surface area contributed by atoms with Gasteiger partial charge >= 0.3 is 0 Å². The molecule has 0 saturated carbocycles. The van der Waals surface area contributed by atoms with Crippen LogP contribution in [0.25, 0.3) is 0 Å². The Kier molecular flexibility index (Phi) is 9.46. The molecule has 0 heterocycles. The third-order valence-corrected chi connectivity index (χ3v) is 5.94. The Morgan fingerprint density at radius 3 is 2.03 bits per heavy atom. The molecule has 31 heavy (non-hydrogen) atoms. The summed E-state index contributed by atoms with van der Waals surface area (Å²) in [5.74, 6) is 2.21. The number of rotatable bonds is 9. The first-order valence-corrected chi connectivity index (χ1v) is 10.4. The van der Waals surface area contributed by atoms with Gasteiger partial charge in [-0.05, 0) is 44.1 Å². The van der Waals surface area contributed by atoms with Crippen molar-refractivity contribution >= 4 is 38.3 Å². The first-order valence-electron chi connectivity index (χ1n) is 9.44. The Bertz CT molecular complexity index is 999. The minimum atomic E-state index is -0.0732. The van der Waals surface area contributed by atoms with E-state index in [1.807, 2.05) is 55.5 Å². The molecule has 0 bridgehead atoms. The van der Waals surface area contributed by atoms with Crippen molar-refractivity contribution in [2.45, 2.75) is 13.5 Å². The van der Waals surface area contributed by atoms with Crippen LogP contribution < -0.4 is 24.3 Å². The maximum Gasteiger partial charge on any atom is 0.193 e. The van der Waals surface area contributed by atoms with E-state index < -0.39 is 0 Å². The van der Waals surface area contributed by atoms with E-state index in [1.54, 1.807) is 19.2 Å². The number of carbonyl (C=O) groups is 1. The fourth-order valence-corrected chi connectivity index (χ4v) is 4.07. The van der Waals surface area contributed by atoms with Gasteiger partial charge in [-0.3, -0.25) is 4.79 Å². The summed E-state index contributed by atoms with van der Waals surface area (Å²) in [6.45, 7) is 2.48. The van der Waals surface area contributed by atoms with E-state index in [9.17, 15) is 4.79 Å². The number of carbonyl (C=O) groups excluding carboxylic acids is 1. The van der Waals surface area contributed by atoms with Gasteiger partial charge in [0.15, 0.2) is 5.52 Å². The molecule has 0 fully saturated rings. The van der Waals surface area contributed by atoms with Gasteiger partial charge < -0.3 is 18.9 Å². The largest absolute Gasteiger partial charge is 0.496 e. The smallest absolute Gasteiger partial charge is 0.193 e. The fourth-order valence-electron chi connectivity index (χ4n) is 3.02. The summed E-state index contributed by atoms with van der Waals surface area (Å²) >= 11 is 0. The molecule has 3 aromatic rings. The van der Waals surface area contributed by atoms with Crippen LogP contribution in [0.3, 0.4) is 0 Å². The van der Waals surface area contributed by atoms with Crippen LogP contribution in [0, 0.1) is 6.92 Å². The summed E-state index contributed by atoms with van der Waals surface area (Å²) in [7, 11) is 4.54. The van der Waals surface area contributed by atoms with E-state index in [-0.39, 0.29) is 33.0 Å². The zero-order valence-corrected chi connectivity index (χ0v) is 19.5. The third-order valence-electron chi connectivity index (χ3n) is 4.64. The van der Waals surface area contributed by atoms with Crippen LogP contribution in [0.5, 0.6) is 23.0 Å². The molecule has 0 aromatic heterocycles. The maximum absolute atomic E-state index is 13.1. The molecular weight excluding hydrogens is 406 g/mol. The SMILES string of the molecule is COc1cc(OC)c(C(=O)Pc2ccc(OCc3ccccc3)cc2C)c(OC)c1.[Li]. The fraction of sp³-hybridized carbons (Fsp3) is 0.208. The molecule has 0 spiro atoms. The molecule has 1 unspecified atom stereocenters. The molecule has 3 aromatic carbocycles. The van der Waals surface area contributed by atoms with Gasteiger partial charge in [-0.15, -0.1) is 0 Å². The predicted octanol–water partition coefficient (Wildman–Crippen LogP) is 4.36. The van der Waals surface area contributed by atoms with Gasteiger partial charge in [-0.1, -0.05) is 36.4 Å². The zero-order chi connectivity index (χ0) is 21.5. The Hall–Kier alpha value is -2.44. The summed E-state index contributed by atoms with van der Waals surface area (Å²) in [6.07, 6.45) is 0. The van der Waals surface area contributed by atoms with Crippen molar-refractivity contribution in [1.82, 2.24) is 0 Å². The van der Waals surface area contributed by atoms with Crippen LogP contribution >= 0.6 is 8.58 Å². The van der Waals surface area contributed by atoms with Crippen LogP contribution in [0.4, 0.5) is 0 Å². The maximum atomic E-state index is 13.1. The van der Waals surface area contributed by atoms with E-state index in [1.165, 1.54) is 14.2 Å². The van der Waals surface area contributed by atoms with E-state index in [2.05, 4.69) is 0 Å². The summed E-state index contributed by atoms with van der Waals surface area (Å²) in [6, 6.07) is 19.2. The molecule has 7 heteroatoms. The van der Waals surface area contributed by atoms with Crippen molar-refractivity contribution in [2.24, 2.45) is 0 Å². The number of methoxy groups -OCH3 is 3. The second kappa shape index (κ2) is 11.8. The molecule has 0 aliphatic rings. The van der Waals surface area contributed by atoms with Crippen LogP contribution in [-0.4, -0.2) is 45.7 Å². The van der Waals surface area contributed by atoms with E-state index >= 15 is 0 Å². The van der Waals surface area contributed by atoms with Crippen molar-refractivity contribution in [1.29, 1.82) is 0 Å². The molecule has 3 rings (SSSR count). The first kappa shape index (κ1) is 24.8. The Morgan fingerprint density at radius 2 is 1.48 bits per heavy atom. The molecule has 0 aliphatic carbocycles. The molecule has 0 amide bonds. The average molecular weight is 431 g/mol. The van der Waals surface area contributed by atoms with Crippen LogP contribution in [0.1, 0.15) is 21.5 Å². The monoisotopic (exact) mass is 431 g/mol. The molecule has 1 radical (unpaired) electrons. The Balaban J connectivity index is 0.00000341. The second-order valence-electron chi connectivity index (χ2n) is 6.61. The molecular formula is C24H25LiO5P. The topological polar surface area (TPSA) is 54.0 Å². The van der Waals surface area contributed by atoms with Gasteiger partial charge in [0.25, 0.3) is 0 Å². The average Bonchev–Trinajstić information content (AvgIpc) is 2.78. The van der Waals surface area contributed by atoms with Gasteiger partial charge in [-0.2, -0.15) is 0 Å². The molecule has 0 N–H and O–H groups in total. The minimum Gasteiger partial charge on any atom is -0.496 e. The van der Waals surface area contributed by atoms with Crippen molar-refractivity contribution in [2.75, 3.05) is 21.3 Å². The van der Waals surface area contributed by atoms with E-state index in [0.29, 0.717) is 29.4 Å². The minimum absolute atomic E-state index is 0. The van der Waals surface area contributed by atoms with Gasteiger partial charge in [0.1, 0.15) is 35.2 Å². The number of hydrogen-bond acceptors (Lipinski definition) is 5. The van der Waals surface area contributed by atoms with Gasteiger partial charge in [0.05, 0.1) is 21.3 Å². The third kappa shape index (κ3) is 6.28. The summed E-state index contributed by atoms with van der Waals surface area (Å²) < 4.78 is 22.0. The predicted molar refractivity (Wildman–Crippen MR) is 126 cm³/mol. The molecule has 0 aliphatic heterocycles. The van der Waals surface area contributed by atoms with Gasteiger partial charge in [-0.25, -0.2) is 0 Å². The Morgan fingerprint density at radius 1 is 0.839 bits per heavy atom. The van der Waals surface area contributed by atoms with Crippen LogP contribution in [0.2, 0.25) is 0 Å². The van der Waals surface area contributed by atoms with Crippen LogP contribution in [-0.2, 0) is 6.61 Å². The summed E-state index contributed by atoms with van der Waals surface area (Å²) in [5.41, 5.74) is 2.46. The van der Waals surface area contributed by atoms with Crippen molar-refractivity contribution in [3.8, 4) is 23.0 Å². The Labute approximate surface area is 197 Å². The molecule has 5 nitrogen and oxygen atoms in total. The van der Waals surface area contributed by atoms with Crippen molar-refractivity contribution in [3.63, 3.8) is 0 Å². The summed E-state index contributed by atoms with van der Waals surface area (Å²) in [4.78, 5) is 13.1. The standard InChI is InChI=1S/C24H25O5P.Li/c1-16-12-18(29-15-17-8-6-5-7-9-17)10-11-22(16)30-24(25)23-20(27-3)13-19(26-2)14-21(23)28-4;/h5-14,30H,15H2,1-4H3;. The normalized spacial score (nSPS) is 10.5. The molecule has 0 saturated heterocycles. The van der Waals surface area contributed by atoms with Crippen LogP contribution in [0.15, 0.2) is 60.7 Å². The van der Waals surface area contributed by atoms with Gasteiger partial charge in [0.2, 0.25) is 0 Å². The zero-order valence-electron chi connectivity index (χ0n) is 18.5.